The molecule has 1 spiro atoms. The Kier molecular flexibility index (Phi) is 3.79. The van der Waals surface area contributed by atoms with Crippen LogP contribution in [-0.4, -0.2) is 35.4 Å². The zero-order valence-electron chi connectivity index (χ0n) is 15.1. The minimum atomic E-state index is -0.448. The molecule has 5 heteroatoms. The van der Waals surface area contributed by atoms with Crippen molar-refractivity contribution < 1.29 is 9.18 Å². The predicted molar refractivity (Wildman–Crippen MR) is 103 cm³/mol. The zero-order chi connectivity index (χ0) is 18.4. The molecule has 0 atom stereocenters. The number of piperidine rings is 1. The number of aromatic nitrogens is 1. The van der Waals surface area contributed by atoms with E-state index < -0.39 is 5.82 Å². The van der Waals surface area contributed by atoms with E-state index in [1.54, 1.807) is 23.1 Å². The number of carbonyl (C=O) groups is 1. The Bertz CT molecular complexity index is 1020. The van der Waals surface area contributed by atoms with Crippen LogP contribution in [0.25, 0.3) is 10.9 Å². The number of hydrogen-bond acceptors (Lipinski definition) is 2. The summed E-state index contributed by atoms with van der Waals surface area (Å²) in [5.41, 5.74) is 3.89. The van der Waals surface area contributed by atoms with Gasteiger partial charge in [0.05, 0.1) is 11.1 Å². The van der Waals surface area contributed by atoms with Crippen LogP contribution in [0.5, 0.6) is 0 Å². The molecule has 1 aromatic heterocycles. The number of fused-ring (bicyclic) bond motifs is 4. The van der Waals surface area contributed by atoms with Gasteiger partial charge in [0.1, 0.15) is 5.82 Å². The lowest BCUT2D eigenvalue weighted by atomic mass is 9.79. The molecule has 2 aliphatic rings. The fourth-order valence-corrected chi connectivity index (χ4v) is 4.71. The third-order valence-electron chi connectivity index (χ3n) is 6.14. The smallest absolute Gasteiger partial charge is 0.256 e. The molecule has 2 aromatic carbocycles. The van der Waals surface area contributed by atoms with Crippen LogP contribution in [0.4, 0.5) is 4.39 Å². The molecule has 0 aliphatic carbocycles. The second-order valence-corrected chi connectivity index (χ2v) is 7.56. The van der Waals surface area contributed by atoms with Gasteiger partial charge in [-0.25, -0.2) is 4.39 Å². The Morgan fingerprint density at radius 1 is 1.04 bits per heavy atom. The van der Waals surface area contributed by atoms with Crippen LogP contribution < -0.4 is 5.32 Å². The molecule has 4 nitrogen and oxygen atoms in total. The highest BCUT2D eigenvalue weighted by Gasteiger charge is 2.42. The molecule has 0 bridgehead atoms. The van der Waals surface area contributed by atoms with Crippen molar-refractivity contribution in [3.05, 3.63) is 71.2 Å². The first kappa shape index (κ1) is 16.5. The Morgan fingerprint density at radius 3 is 2.59 bits per heavy atom. The summed E-state index contributed by atoms with van der Waals surface area (Å²) < 4.78 is 14.0. The third kappa shape index (κ3) is 2.57. The van der Waals surface area contributed by atoms with E-state index in [0.29, 0.717) is 13.1 Å². The van der Waals surface area contributed by atoms with Gasteiger partial charge in [-0.15, -0.1) is 0 Å². The molecular weight excluding hydrogens is 341 g/mol. The molecule has 2 N–H and O–H groups in total. The van der Waals surface area contributed by atoms with Gasteiger partial charge in [0.15, 0.2) is 0 Å². The predicted octanol–water partition coefficient (Wildman–Crippen LogP) is 3.58. The molecule has 27 heavy (non-hydrogen) atoms. The van der Waals surface area contributed by atoms with Crippen LogP contribution in [0.2, 0.25) is 0 Å². The first-order valence-corrected chi connectivity index (χ1v) is 9.57. The highest BCUT2D eigenvalue weighted by atomic mass is 19.1. The lowest BCUT2D eigenvalue weighted by Crippen LogP contribution is -2.55. The number of likely N-dealkylation sites (tertiary alicyclic amines) is 1. The molecule has 0 unspecified atom stereocenters. The first-order chi connectivity index (χ1) is 13.2. The number of nitrogens with zero attached hydrogens (tertiary/aromatic N) is 1. The Balaban J connectivity index is 1.42. The quantitative estimate of drug-likeness (QED) is 0.694. The average Bonchev–Trinajstić information content (AvgIpc) is 3.09. The summed E-state index contributed by atoms with van der Waals surface area (Å²) in [6.45, 7) is 2.18. The van der Waals surface area contributed by atoms with Crippen LogP contribution in [-0.2, 0) is 12.0 Å². The topological polar surface area (TPSA) is 48.1 Å². The second kappa shape index (κ2) is 6.20. The number of aromatic amines is 1. The van der Waals surface area contributed by atoms with Crippen LogP contribution in [0.1, 0.15) is 34.5 Å². The average molecular weight is 363 g/mol. The lowest BCUT2D eigenvalue weighted by molar-refractivity contribution is 0.0622. The van der Waals surface area contributed by atoms with E-state index in [0.717, 1.165) is 25.8 Å². The Labute approximate surface area is 157 Å². The minimum absolute atomic E-state index is 0.126. The van der Waals surface area contributed by atoms with Gasteiger partial charge < -0.3 is 15.2 Å². The van der Waals surface area contributed by atoms with Crippen molar-refractivity contribution >= 4 is 16.8 Å². The molecular formula is C22H22FN3O. The van der Waals surface area contributed by atoms with Crippen molar-refractivity contribution in [1.82, 2.24) is 15.2 Å². The number of hydrogen-bond donors (Lipinski definition) is 2. The number of nitrogens with one attached hydrogen (secondary N) is 2. The maximum absolute atomic E-state index is 14.0. The monoisotopic (exact) mass is 363 g/mol. The number of para-hydroxylation sites is 1. The number of carbonyl (C=O) groups excluding carboxylic acids is 1. The molecule has 1 fully saturated rings. The van der Waals surface area contributed by atoms with Crippen molar-refractivity contribution in [2.24, 2.45) is 0 Å². The summed E-state index contributed by atoms with van der Waals surface area (Å²) in [7, 11) is 0. The van der Waals surface area contributed by atoms with Gasteiger partial charge in [-0.2, -0.15) is 0 Å². The minimum Gasteiger partial charge on any atom is -0.357 e. The van der Waals surface area contributed by atoms with Crippen LogP contribution in [0.3, 0.4) is 0 Å². The van der Waals surface area contributed by atoms with Crippen molar-refractivity contribution in [3.8, 4) is 0 Å². The van der Waals surface area contributed by atoms with Gasteiger partial charge in [-0.3, -0.25) is 4.79 Å². The molecule has 2 aliphatic heterocycles. The standard InChI is InChI=1S/C22H22FN3O/c23-18-7-3-1-6-17(18)21(27)26-13-10-22(11-14-26)20-16(9-12-24-22)15-5-2-4-8-19(15)25-20/h1-8,24-25H,9-14H2. The van der Waals surface area contributed by atoms with Gasteiger partial charge in [-0.05, 0) is 43.0 Å². The molecule has 0 radical (unpaired) electrons. The highest BCUT2D eigenvalue weighted by Crippen LogP contribution is 2.40. The molecule has 3 aromatic rings. The van der Waals surface area contributed by atoms with Crippen molar-refractivity contribution in [3.63, 3.8) is 0 Å². The highest BCUT2D eigenvalue weighted by molar-refractivity contribution is 5.94. The maximum Gasteiger partial charge on any atom is 0.256 e. The normalized spacial score (nSPS) is 18.6. The summed E-state index contributed by atoms with van der Waals surface area (Å²) in [6.07, 6.45) is 2.67. The van der Waals surface area contributed by atoms with Gasteiger partial charge in [-0.1, -0.05) is 30.3 Å². The van der Waals surface area contributed by atoms with Gasteiger partial charge in [0.25, 0.3) is 5.91 Å². The van der Waals surface area contributed by atoms with E-state index in [9.17, 15) is 9.18 Å². The maximum atomic E-state index is 14.0. The van der Waals surface area contributed by atoms with E-state index in [1.807, 2.05) is 0 Å². The fourth-order valence-electron chi connectivity index (χ4n) is 4.71. The third-order valence-corrected chi connectivity index (χ3v) is 6.14. The van der Waals surface area contributed by atoms with E-state index >= 15 is 0 Å². The van der Waals surface area contributed by atoms with E-state index in [1.165, 1.54) is 28.2 Å². The number of amides is 1. The van der Waals surface area contributed by atoms with Gasteiger partial charge >= 0.3 is 0 Å². The molecule has 1 saturated heterocycles. The van der Waals surface area contributed by atoms with Crippen molar-refractivity contribution in [1.29, 1.82) is 0 Å². The summed E-state index contributed by atoms with van der Waals surface area (Å²) in [4.78, 5) is 18.2. The van der Waals surface area contributed by atoms with E-state index in [-0.39, 0.29) is 17.0 Å². The molecule has 5 rings (SSSR count). The first-order valence-electron chi connectivity index (χ1n) is 9.57. The lowest BCUT2D eigenvalue weighted by Gasteiger charge is -2.44. The summed E-state index contributed by atoms with van der Waals surface area (Å²) in [5.74, 6) is -0.660. The number of H-pyrrole nitrogens is 1. The fraction of sp³-hybridized carbons (Fsp3) is 0.318. The summed E-state index contributed by atoms with van der Waals surface area (Å²) in [5, 5.41) is 5.02. The van der Waals surface area contributed by atoms with Crippen LogP contribution >= 0.6 is 0 Å². The van der Waals surface area contributed by atoms with Crippen LogP contribution in [0, 0.1) is 5.82 Å². The summed E-state index contributed by atoms with van der Waals surface area (Å²) >= 11 is 0. The number of halogens is 1. The molecule has 0 saturated carbocycles. The SMILES string of the molecule is O=C(c1ccccc1F)N1CCC2(CC1)NCCc1c2[nH]c2ccccc12. The van der Waals surface area contributed by atoms with Crippen LogP contribution in [0.15, 0.2) is 48.5 Å². The second-order valence-electron chi connectivity index (χ2n) is 7.56. The summed E-state index contributed by atoms with van der Waals surface area (Å²) in [6, 6.07) is 14.7. The van der Waals surface area contributed by atoms with Gasteiger partial charge in [0.2, 0.25) is 0 Å². The molecule has 3 heterocycles. The van der Waals surface area contributed by atoms with Gasteiger partial charge in [0, 0.05) is 36.2 Å². The van der Waals surface area contributed by atoms with Crippen molar-refractivity contribution in [2.75, 3.05) is 19.6 Å². The van der Waals surface area contributed by atoms with E-state index in [2.05, 4.69) is 34.6 Å². The van der Waals surface area contributed by atoms with Crippen molar-refractivity contribution in [2.45, 2.75) is 24.8 Å². The Hall–Kier alpha value is -2.66. The van der Waals surface area contributed by atoms with E-state index in [4.69, 9.17) is 0 Å². The Morgan fingerprint density at radius 2 is 1.78 bits per heavy atom. The number of rotatable bonds is 1. The number of benzene rings is 2. The zero-order valence-corrected chi connectivity index (χ0v) is 15.1. The molecule has 1 amide bonds. The largest absolute Gasteiger partial charge is 0.357 e. The molecule has 138 valence electrons.